The monoisotopic (exact) mass is 400 g/mol. The molecule has 0 saturated heterocycles. The number of hydrogen-bond donors (Lipinski definition) is 1. The van der Waals surface area contributed by atoms with Gasteiger partial charge in [-0.1, -0.05) is 51.1 Å². The van der Waals surface area contributed by atoms with Crippen molar-refractivity contribution in [2.45, 2.75) is 64.7 Å². The zero-order chi connectivity index (χ0) is 21.0. The molecule has 0 heterocycles. The van der Waals surface area contributed by atoms with Crippen molar-refractivity contribution in [1.82, 2.24) is 0 Å². The van der Waals surface area contributed by atoms with Crippen molar-refractivity contribution in [2.75, 3.05) is 0 Å². The lowest BCUT2D eigenvalue weighted by molar-refractivity contribution is -0.127. The first kappa shape index (κ1) is 19.6. The molecule has 0 amide bonds. The zero-order valence-corrected chi connectivity index (χ0v) is 18.3. The summed E-state index contributed by atoms with van der Waals surface area (Å²) < 4.78 is 0. The van der Waals surface area contributed by atoms with Crippen LogP contribution in [0.25, 0.3) is 6.08 Å². The fourth-order valence-electron chi connectivity index (χ4n) is 6.55. The van der Waals surface area contributed by atoms with Gasteiger partial charge < -0.3 is 5.11 Å². The van der Waals surface area contributed by atoms with Crippen LogP contribution in [-0.4, -0.2) is 10.9 Å². The average molecular weight is 401 g/mol. The molecule has 3 aliphatic carbocycles. The minimum atomic E-state index is -0.209. The van der Waals surface area contributed by atoms with E-state index in [2.05, 4.69) is 57.2 Å². The van der Waals surface area contributed by atoms with Gasteiger partial charge in [-0.3, -0.25) is 4.79 Å². The van der Waals surface area contributed by atoms with Crippen LogP contribution >= 0.6 is 0 Å². The van der Waals surface area contributed by atoms with Crippen LogP contribution in [0, 0.1) is 17.3 Å². The normalized spacial score (nSPS) is 31.5. The van der Waals surface area contributed by atoms with Crippen molar-refractivity contribution >= 4 is 11.9 Å². The molecule has 2 aromatic carbocycles. The van der Waals surface area contributed by atoms with E-state index in [9.17, 15) is 9.90 Å². The number of Topliss-reactive ketones (excluding diaryl/α,β-unsaturated/α-hetero) is 1. The molecular formula is C28H32O2. The first-order chi connectivity index (χ1) is 14.4. The largest absolute Gasteiger partial charge is 0.508 e. The first-order valence-corrected chi connectivity index (χ1v) is 11.5. The summed E-state index contributed by atoms with van der Waals surface area (Å²) in [5.74, 6) is 2.82. The van der Waals surface area contributed by atoms with E-state index in [0.717, 1.165) is 43.2 Å². The van der Waals surface area contributed by atoms with Gasteiger partial charge >= 0.3 is 0 Å². The van der Waals surface area contributed by atoms with Gasteiger partial charge in [-0.15, -0.1) is 0 Å². The van der Waals surface area contributed by atoms with Gasteiger partial charge in [0.1, 0.15) is 5.75 Å². The molecule has 2 heteroatoms. The maximum atomic E-state index is 13.5. The van der Waals surface area contributed by atoms with E-state index in [1.165, 1.54) is 16.7 Å². The van der Waals surface area contributed by atoms with Crippen LogP contribution in [-0.2, 0) is 11.2 Å². The second-order valence-corrected chi connectivity index (χ2v) is 10.3. The molecule has 2 aromatic rings. The molecule has 0 aliphatic heterocycles. The summed E-state index contributed by atoms with van der Waals surface area (Å²) in [5, 5.41) is 9.88. The minimum absolute atomic E-state index is 0.209. The Morgan fingerprint density at radius 3 is 2.60 bits per heavy atom. The van der Waals surface area contributed by atoms with Gasteiger partial charge in [0.05, 0.1) is 0 Å². The van der Waals surface area contributed by atoms with Gasteiger partial charge in [-0.2, -0.15) is 0 Å². The number of benzene rings is 2. The SMILES string of the molecule is CC(C)c1ccc(/C=C2/C[C@H]3[C@@H]4CCc5cc(O)ccc5[C@H]4CC[C@]3(C)C2=O)cc1. The van der Waals surface area contributed by atoms with Crippen LogP contribution in [0.15, 0.2) is 48.0 Å². The molecule has 5 rings (SSSR count). The number of fused-ring (bicyclic) bond motifs is 5. The molecule has 0 bridgehead atoms. The highest BCUT2D eigenvalue weighted by Gasteiger charge is 2.56. The Bertz CT molecular complexity index is 1010. The summed E-state index contributed by atoms with van der Waals surface area (Å²) in [5.41, 5.74) is 6.03. The van der Waals surface area contributed by atoms with E-state index in [0.29, 0.717) is 35.2 Å². The fourth-order valence-corrected chi connectivity index (χ4v) is 6.55. The van der Waals surface area contributed by atoms with Crippen LogP contribution in [0.4, 0.5) is 0 Å². The Hall–Kier alpha value is -2.35. The summed E-state index contributed by atoms with van der Waals surface area (Å²) >= 11 is 0. The van der Waals surface area contributed by atoms with E-state index in [4.69, 9.17) is 0 Å². The Balaban J connectivity index is 1.44. The van der Waals surface area contributed by atoms with Crippen molar-refractivity contribution in [3.63, 3.8) is 0 Å². The second kappa shape index (κ2) is 7.11. The van der Waals surface area contributed by atoms with Gasteiger partial charge in [-0.25, -0.2) is 0 Å². The van der Waals surface area contributed by atoms with E-state index in [1.54, 1.807) is 0 Å². The third kappa shape index (κ3) is 3.04. The van der Waals surface area contributed by atoms with Gasteiger partial charge in [0.2, 0.25) is 0 Å². The van der Waals surface area contributed by atoms with Crippen molar-refractivity contribution in [3.8, 4) is 5.75 Å². The molecule has 0 radical (unpaired) electrons. The van der Waals surface area contributed by atoms with Gasteiger partial charge in [0.15, 0.2) is 5.78 Å². The average Bonchev–Trinajstić information content (AvgIpc) is 2.98. The highest BCUT2D eigenvalue weighted by Crippen LogP contribution is 2.60. The summed E-state index contributed by atoms with van der Waals surface area (Å²) in [4.78, 5) is 13.5. The van der Waals surface area contributed by atoms with E-state index < -0.39 is 0 Å². The topological polar surface area (TPSA) is 37.3 Å². The van der Waals surface area contributed by atoms with Crippen molar-refractivity contribution < 1.29 is 9.90 Å². The summed E-state index contributed by atoms with van der Waals surface area (Å²) in [6.45, 7) is 6.64. The molecule has 0 spiro atoms. The number of hydrogen-bond acceptors (Lipinski definition) is 2. The maximum absolute atomic E-state index is 13.5. The molecule has 0 aromatic heterocycles. The molecular weight excluding hydrogens is 368 g/mol. The summed E-state index contributed by atoms with van der Waals surface area (Å²) in [7, 11) is 0. The lowest BCUT2D eigenvalue weighted by atomic mass is 9.55. The van der Waals surface area contributed by atoms with Crippen LogP contribution in [0.3, 0.4) is 0 Å². The van der Waals surface area contributed by atoms with Crippen molar-refractivity contribution in [3.05, 3.63) is 70.3 Å². The van der Waals surface area contributed by atoms with Crippen LogP contribution < -0.4 is 0 Å². The van der Waals surface area contributed by atoms with E-state index in [1.807, 2.05) is 12.1 Å². The molecule has 30 heavy (non-hydrogen) atoms. The Morgan fingerprint density at radius 1 is 1.10 bits per heavy atom. The third-order valence-corrected chi connectivity index (χ3v) is 8.29. The van der Waals surface area contributed by atoms with Crippen molar-refractivity contribution in [2.24, 2.45) is 17.3 Å². The number of ketones is 1. The molecule has 4 atom stereocenters. The molecule has 2 fully saturated rings. The second-order valence-electron chi connectivity index (χ2n) is 10.3. The Kier molecular flexibility index (Phi) is 4.65. The quantitative estimate of drug-likeness (QED) is 0.574. The van der Waals surface area contributed by atoms with Gasteiger partial charge in [-0.05, 0) is 102 Å². The number of carbonyl (C=O) groups is 1. The minimum Gasteiger partial charge on any atom is -0.508 e. The number of rotatable bonds is 2. The summed E-state index contributed by atoms with van der Waals surface area (Å²) in [6.07, 6.45) is 7.27. The molecule has 1 N–H and O–H groups in total. The number of aromatic hydroxyl groups is 1. The Morgan fingerprint density at radius 2 is 1.87 bits per heavy atom. The number of allylic oxidation sites excluding steroid dienone is 1. The molecule has 2 saturated carbocycles. The highest BCUT2D eigenvalue weighted by molar-refractivity contribution is 6.06. The van der Waals surface area contributed by atoms with E-state index in [-0.39, 0.29) is 5.41 Å². The number of phenols is 1. The van der Waals surface area contributed by atoms with Crippen LogP contribution in [0.5, 0.6) is 5.75 Å². The smallest absolute Gasteiger partial charge is 0.165 e. The molecule has 156 valence electrons. The third-order valence-electron chi connectivity index (χ3n) is 8.29. The lowest BCUT2D eigenvalue weighted by Gasteiger charge is -2.48. The molecule has 2 nitrogen and oxygen atoms in total. The summed E-state index contributed by atoms with van der Waals surface area (Å²) in [6, 6.07) is 14.6. The Labute approximate surface area is 180 Å². The number of aryl methyl sites for hydroxylation is 1. The number of phenolic OH excluding ortho intramolecular Hbond substituents is 1. The predicted molar refractivity (Wildman–Crippen MR) is 122 cm³/mol. The van der Waals surface area contributed by atoms with Crippen LogP contribution in [0.1, 0.15) is 80.5 Å². The van der Waals surface area contributed by atoms with Gasteiger partial charge in [0.25, 0.3) is 0 Å². The molecule has 0 unspecified atom stereocenters. The van der Waals surface area contributed by atoms with Gasteiger partial charge in [0, 0.05) is 5.41 Å². The highest BCUT2D eigenvalue weighted by atomic mass is 16.3. The number of carbonyl (C=O) groups excluding carboxylic acids is 1. The van der Waals surface area contributed by atoms with E-state index >= 15 is 0 Å². The standard InChI is InChI=1S/C28H32O2/c1-17(2)19-6-4-18(5-7-19)14-21-16-26-25-10-8-20-15-22(29)9-11-23(20)24(25)12-13-28(26,3)27(21)30/h4-7,9,11,14-15,17,24-26,29H,8,10,12-13,16H2,1-3H3/b21-14-/t24-,25-,26+,28+/m1/s1. The zero-order valence-electron chi connectivity index (χ0n) is 18.3. The molecule has 3 aliphatic rings. The lowest BCUT2D eigenvalue weighted by Crippen LogP contribution is -2.42. The maximum Gasteiger partial charge on any atom is 0.165 e. The van der Waals surface area contributed by atoms with Crippen molar-refractivity contribution in [1.29, 1.82) is 0 Å². The van der Waals surface area contributed by atoms with Crippen LogP contribution in [0.2, 0.25) is 0 Å². The predicted octanol–water partition coefficient (Wildman–Crippen LogP) is 6.63. The fraction of sp³-hybridized carbons (Fsp3) is 0.464. The first-order valence-electron chi connectivity index (χ1n) is 11.5.